The number of aliphatic hydroxyl groups is 1. The molecule has 1 amide bonds. The zero-order chi connectivity index (χ0) is 23.5. The third-order valence-electron chi connectivity index (χ3n) is 5.83. The molecule has 0 bridgehead atoms. The van der Waals surface area contributed by atoms with E-state index in [0.717, 1.165) is 17.8 Å². The first-order valence-corrected chi connectivity index (χ1v) is 10.8. The predicted molar refractivity (Wildman–Crippen MR) is 125 cm³/mol. The van der Waals surface area contributed by atoms with Crippen LogP contribution in [0.3, 0.4) is 0 Å². The van der Waals surface area contributed by atoms with Crippen molar-refractivity contribution in [3.05, 3.63) is 83.4 Å². The molecule has 33 heavy (non-hydrogen) atoms. The summed E-state index contributed by atoms with van der Waals surface area (Å²) in [7, 11) is 3.92. The maximum atomic E-state index is 13.1. The number of hydrogen-bond donors (Lipinski definition) is 1. The normalized spacial score (nSPS) is 17.8. The van der Waals surface area contributed by atoms with E-state index in [2.05, 4.69) is 10.1 Å². The van der Waals surface area contributed by atoms with E-state index in [1.807, 2.05) is 56.3 Å². The number of likely N-dealkylation sites (tertiary alicyclic amines) is 1. The van der Waals surface area contributed by atoms with Gasteiger partial charge in [0.2, 0.25) is 0 Å². The number of ketones is 1. The van der Waals surface area contributed by atoms with Crippen LogP contribution in [0, 0.1) is 6.92 Å². The molecule has 1 aliphatic heterocycles. The quantitative estimate of drug-likeness (QED) is 0.342. The lowest BCUT2D eigenvalue weighted by atomic mass is 9.96. The number of Topliss-reactive ketones (excluding diaryl/α,β-unsaturated/α-hetero) is 1. The van der Waals surface area contributed by atoms with Crippen LogP contribution >= 0.6 is 0 Å². The fraction of sp³-hybridized carbons (Fsp3) is 0.280. The third kappa shape index (κ3) is 4.29. The Morgan fingerprint density at radius 2 is 1.79 bits per heavy atom. The number of rotatable bonds is 7. The number of amides is 1. The number of nitrogens with zero attached hydrogens (tertiary/aromatic N) is 5. The smallest absolute Gasteiger partial charge is 0.295 e. The summed E-state index contributed by atoms with van der Waals surface area (Å²) in [4.78, 5) is 33.8. The number of benzene rings is 1. The second-order valence-electron chi connectivity index (χ2n) is 8.32. The predicted octanol–water partition coefficient (Wildman–Crippen LogP) is 2.95. The van der Waals surface area contributed by atoms with Crippen LogP contribution in [-0.4, -0.2) is 68.5 Å². The van der Waals surface area contributed by atoms with Crippen molar-refractivity contribution in [2.75, 3.05) is 27.2 Å². The van der Waals surface area contributed by atoms with Crippen LogP contribution in [0.4, 0.5) is 0 Å². The zero-order valence-electron chi connectivity index (χ0n) is 19.0. The number of hydrogen-bond acceptors (Lipinski definition) is 6. The highest BCUT2D eigenvalue weighted by Gasteiger charge is 2.46. The first kappa shape index (κ1) is 22.4. The highest BCUT2D eigenvalue weighted by atomic mass is 16.3. The minimum Gasteiger partial charge on any atom is -0.507 e. The average molecular weight is 446 g/mol. The van der Waals surface area contributed by atoms with Crippen LogP contribution in [0.2, 0.25) is 0 Å². The van der Waals surface area contributed by atoms with Crippen LogP contribution in [0.15, 0.2) is 66.6 Å². The molecular formula is C25H27N5O3. The van der Waals surface area contributed by atoms with E-state index in [1.54, 1.807) is 34.1 Å². The van der Waals surface area contributed by atoms with Crippen molar-refractivity contribution in [1.29, 1.82) is 0 Å². The standard InChI is InChI=1S/C25H27N5O3/c1-17-20(16-27-30(17)19-8-5-4-6-9-19)23(31)21-22(18-10-12-26-13-11-18)29(25(33)24(21)32)15-7-14-28(2)3/h4-6,8-13,16,22,31H,7,14-15H2,1-3H3/b23-21+/t22-/m1/s1. The van der Waals surface area contributed by atoms with Crippen LogP contribution in [-0.2, 0) is 9.59 Å². The van der Waals surface area contributed by atoms with E-state index in [0.29, 0.717) is 24.2 Å². The molecule has 0 aliphatic carbocycles. The first-order valence-electron chi connectivity index (χ1n) is 10.8. The lowest BCUT2D eigenvalue weighted by Crippen LogP contribution is -2.32. The molecule has 8 nitrogen and oxygen atoms in total. The van der Waals surface area contributed by atoms with Crippen molar-refractivity contribution in [3.63, 3.8) is 0 Å². The molecule has 4 rings (SSSR count). The number of aliphatic hydroxyl groups excluding tert-OH is 1. The maximum Gasteiger partial charge on any atom is 0.295 e. The molecule has 0 radical (unpaired) electrons. The second-order valence-corrected chi connectivity index (χ2v) is 8.32. The summed E-state index contributed by atoms with van der Waals surface area (Å²) >= 11 is 0. The molecule has 1 N–H and O–H groups in total. The monoisotopic (exact) mass is 445 g/mol. The lowest BCUT2D eigenvalue weighted by Gasteiger charge is -2.25. The Labute approximate surface area is 192 Å². The fourth-order valence-corrected chi connectivity index (χ4v) is 4.18. The molecule has 8 heteroatoms. The van der Waals surface area contributed by atoms with Gasteiger partial charge >= 0.3 is 0 Å². The topological polar surface area (TPSA) is 91.6 Å². The van der Waals surface area contributed by atoms with Gasteiger partial charge in [0, 0.05) is 18.9 Å². The van der Waals surface area contributed by atoms with Crippen LogP contribution in [0.1, 0.15) is 29.3 Å². The molecule has 0 saturated carbocycles. The van der Waals surface area contributed by atoms with Crippen molar-refractivity contribution >= 4 is 17.4 Å². The van der Waals surface area contributed by atoms with E-state index < -0.39 is 17.7 Å². The summed E-state index contributed by atoms with van der Waals surface area (Å²) in [6, 6.07) is 12.4. The van der Waals surface area contributed by atoms with Gasteiger partial charge in [-0.3, -0.25) is 14.6 Å². The van der Waals surface area contributed by atoms with Gasteiger partial charge in [-0.1, -0.05) is 18.2 Å². The van der Waals surface area contributed by atoms with Crippen molar-refractivity contribution in [1.82, 2.24) is 24.6 Å². The zero-order valence-corrected chi connectivity index (χ0v) is 19.0. The van der Waals surface area contributed by atoms with Gasteiger partial charge in [-0.15, -0.1) is 0 Å². The third-order valence-corrected chi connectivity index (χ3v) is 5.83. The van der Waals surface area contributed by atoms with Gasteiger partial charge in [-0.25, -0.2) is 4.68 Å². The Kier molecular flexibility index (Phi) is 6.37. The molecule has 1 aliphatic rings. The Morgan fingerprint density at radius 1 is 1.09 bits per heavy atom. The molecule has 1 aromatic carbocycles. The van der Waals surface area contributed by atoms with Gasteiger partial charge in [0.1, 0.15) is 5.76 Å². The summed E-state index contributed by atoms with van der Waals surface area (Å²) in [5.74, 6) is -1.51. The molecule has 3 heterocycles. The largest absolute Gasteiger partial charge is 0.507 e. The molecular weight excluding hydrogens is 418 g/mol. The number of aromatic nitrogens is 3. The Bertz CT molecular complexity index is 1190. The van der Waals surface area contributed by atoms with Crippen molar-refractivity contribution in [3.8, 4) is 5.69 Å². The molecule has 2 aromatic heterocycles. The van der Waals surface area contributed by atoms with Crippen LogP contribution in [0.25, 0.3) is 11.4 Å². The van der Waals surface area contributed by atoms with Gasteiger partial charge in [0.05, 0.1) is 34.8 Å². The Hall–Kier alpha value is -3.78. The van der Waals surface area contributed by atoms with Crippen molar-refractivity contribution in [2.45, 2.75) is 19.4 Å². The van der Waals surface area contributed by atoms with Gasteiger partial charge in [0.25, 0.3) is 11.7 Å². The minimum atomic E-state index is -0.689. The molecule has 0 spiro atoms. The van der Waals surface area contributed by atoms with E-state index >= 15 is 0 Å². The minimum absolute atomic E-state index is 0.0757. The Morgan fingerprint density at radius 3 is 2.45 bits per heavy atom. The summed E-state index contributed by atoms with van der Waals surface area (Å²) in [5, 5.41) is 15.7. The van der Waals surface area contributed by atoms with Crippen LogP contribution in [0.5, 0.6) is 0 Å². The SMILES string of the molecule is Cc1c(/C(O)=C2\C(=O)C(=O)N(CCCN(C)C)[C@@H]2c2ccncc2)cnn1-c1ccccc1. The van der Waals surface area contributed by atoms with Crippen LogP contribution < -0.4 is 0 Å². The van der Waals surface area contributed by atoms with Gasteiger partial charge in [-0.2, -0.15) is 5.10 Å². The van der Waals surface area contributed by atoms with E-state index in [-0.39, 0.29) is 11.3 Å². The molecule has 1 fully saturated rings. The number of pyridine rings is 1. The van der Waals surface area contributed by atoms with Crippen molar-refractivity contribution < 1.29 is 14.7 Å². The number of carbonyl (C=O) groups excluding carboxylic acids is 2. The van der Waals surface area contributed by atoms with Gasteiger partial charge in [0.15, 0.2) is 0 Å². The summed E-state index contributed by atoms with van der Waals surface area (Å²) in [5.41, 5.74) is 2.73. The summed E-state index contributed by atoms with van der Waals surface area (Å²) in [6.45, 7) is 2.99. The Balaban J connectivity index is 1.79. The van der Waals surface area contributed by atoms with Gasteiger partial charge < -0.3 is 14.9 Å². The first-order chi connectivity index (χ1) is 15.9. The molecule has 170 valence electrons. The van der Waals surface area contributed by atoms with E-state index in [4.69, 9.17) is 0 Å². The molecule has 1 atom stereocenters. The maximum absolute atomic E-state index is 13.1. The fourth-order valence-electron chi connectivity index (χ4n) is 4.18. The summed E-state index contributed by atoms with van der Waals surface area (Å²) in [6.07, 6.45) is 5.47. The van der Waals surface area contributed by atoms with Gasteiger partial charge in [-0.05, 0) is 63.8 Å². The summed E-state index contributed by atoms with van der Waals surface area (Å²) < 4.78 is 1.70. The number of carbonyl (C=O) groups is 2. The lowest BCUT2D eigenvalue weighted by molar-refractivity contribution is -0.139. The van der Waals surface area contributed by atoms with E-state index in [1.165, 1.54) is 6.20 Å². The van der Waals surface area contributed by atoms with E-state index in [9.17, 15) is 14.7 Å². The van der Waals surface area contributed by atoms with Crippen molar-refractivity contribution in [2.24, 2.45) is 0 Å². The highest BCUT2D eigenvalue weighted by molar-refractivity contribution is 6.46. The number of para-hydroxylation sites is 1. The second kappa shape index (κ2) is 9.38. The molecule has 0 unspecified atom stereocenters. The average Bonchev–Trinajstić information content (AvgIpc) is 3.32. The molecule has 3 aromatic rings. The highest BCUT2D eigenvalue weighted by Crippen LogP contribution is 2.39. The molecule has 1 saturated heterocycles.